The quantitative estimate of drug-likeness (QED) is 0.774. The predicted octanol–water partition coefficient (Wildman–Crippen LogP) is 2.93. The Kier molecular flexibility index (Phi) is 4.47. The number of rotatable bonds is 6. The van der Waals surface area contributed by atoms with Crippen molar-refractivity contribution in [1.82, 2.24) is 9.55 Å². The lowest BCUT2D eigenvalue weighted by Crippen LogP contribution is -2.23. The molecule has 0 amide bonds. The van der Waals surface area contributed by atoms with Gasteiger partial charge in [0.1, 0.15) is 0 Å². The van der Waals surface area contributed by atoms with Gasteiger partial charge in [0.15, 0.2) is 0 Å². The first-order valence-electron chi connectivity index (χ1n) is 5.42. The Labute approximate surface area is 102 Å². The second kappa shape index (κ2) is 5.43. The minimum atomic E-state index is 0.220. The fraction of sp³-hybridized carbons (Fsp3) is 0.583. The smallest absolute Gasteiger partial charge is 0.203 e. The molecule has 3 nitrogen and oxygen atoms in total. The first-order chi connectivity index (χ1) is 7.48. The van der Waals surface area contributed by atoms with Gasteiger partial charge in [-0.2, -0.15) is 11.8 Å². The van der Waals surface area contributed by atoms with Crippen LogP contribution < -0.4 is 5.32 Å². The molecule has 0 bridgehead atoms. The highest BCUT2D eigenvalue weighted by Gasteiger charge is 2.18. The van der Waals surface area contributed by atoms with Gasteiger partial charge in [0.25, 0.3) is 0 Å². The van der Waals surface area contributed by atoms with Gasteiger partial charge in [0.2, 0.25) is 5.95 Å². The number of hydrogen-bond donors (Lipinski definition) is 1. The second-order valence-electron chi connectivity index (χ2n) is 4.47. The molecule has 4 heteroatoms. The van der Waals surface area contributed by atoms with Crippen LogP contribution in [0.25, 0.3) is 0 Å². The maximum absolute atomic E-state index is 4.46. The lowest BCUT2D eigenvalue weighted by Gasteiger charge is -2.23. The summed E-state index contributed by atoms with van der Waals surface area (Å²) in [7, 11) is 0. The summed E-state index contributed by atoms with van der Waals surface area (Å²) in [5.74, 6) is 0.930. The van der Waals surface area contributed by atoms with Gasteiger partial charge in [0.05, 0.1) is 5.69 Å². The molecule has 1 N–H and O–H groups in total. The molecule has 0 saturated carbocycles. The molecule has 90 valence electrons. The van der Waals surface area contributed by atoms with Crippen LogP contribution in [0.2, 0.25) is 0 Å². The molecule has 0 aliphatic rings. The van der Waals surface area contributed by atoms with Gasteiger partial charge in [-0.15, -0.1) is 6.58 Å². The molecule has 1 heterocycles. The lowest BCUT2D eigenvalue weighted by molar-refractivity contribution is 0.572. The molecule has 0 fully saturated rings. The number of imidazole rings is 1. The summed E-state index contributed by atoms with van der Waals surface area (Å²) in [4.78, 5) is 4.46. The molecule has 0 aromatic carbocycles. The van der Waals surface area contributed by atoms with E-state index in [1.165, 1.54) is 0 Å². The predicted molar refractivity (Wildman–Crippen MR) is 73.2 cm³/mol. The summed E-state index contributed by atoms with van der Waals surface area (Å²) < 4.78 is 2.40. The molecule has 0 aliphatic heterocycles. The van der Waals surface area contributed by atoms with Crippen LogP contribution in [0.1, 0.15) is 19.5 Å². The standard InChI is InChI=1S/C12H21N3S/c1-6-7-13-11-14-10(2)8-15(11)9-12(3,4)16-5/h6,8H,1,7,9H2,2-5H3,(H,13,14). The largest absolute Gasteiger partial charge is 0.352 e. The first kappa shape index (κ1) is 13.2. The van der Waals surface area contributed by atoms with Gasteiger partial charge in [-0.25, -0.2) is 4.98 Å². The minimum absolute atomic E-state index is 0.220. The molecule has 0 saturated heterocycles. The molecule has 0 spiro atoms. The van der Waals surface area contributed by atoms with Crippen LogP contribution >= 0.6 is 11.8 Å². The van der Waals surface area contributed by atoms with E-state index in [0.29, 0.717) is 0 Å². The van der Waals surface area contributed by atoms with Gasteiger partial charge >= 0.3 is 0 Å². The summed E-state index contributed by atoms with van der Waals surface area (Å²) in [5.41, 5.74) is 1.04. The molecular formula is C12H21N3S. The third-order valence-electron chi connectivity index (χ3n) is 2.41. The van der Waals surface area contributed by atoms with Crippen molar-refractivity contribution in [2.75, 3.05) is 18.1 Å². The number of aryl methyl sites for hydroxylation is 1. The van der Waals surface area contributed by atoms with Crippen molar-refractivity contribution in [2.45, 2.75) is 32.1 Å². The van der Waals surface area contributed by atoms with Crippen LogP contribution in [-0.4, -0.2) is 27.1 Å². The van der Waals surface area contributed by atoms with E-state index in [1.54, 1.807) is 0 Å². The zero-order valence-electron chi connectivity index (χ0n) is 10.6. The van der Waals surface area contributed by atoms with E-state index in [0.717, 1.165) is 24.7 Å². The van der Waals surface area contributed by atoms with Crippen LogP contribution in [0.3, 0.4) is 0 Å². The van der Waals surface area contributed by atoms with Crippen molar-refractivity contribution in [3.05, 3.63) is 24.5 Å². The van der Waals surface area contributed by atoms with Crippen LogP contribution in [-0.2, 0) is 6.54 Å². The average Bonchev–Trinajstić information content (AvgIpc) is 2.55. The van der Waals surface area contributed by atoms with E-state index in [9.17, 15) is 0 Å². The third kappa shape index (κ3) is 3.59. The maximum atomic E-state index is 4.46. The second-order valence-corrected chi connectivity index (χ2v) is 5.98. The molecular weight excluding hydrogens is 218 g/mol. The van der Waals surface area contributed by atoms with Crippen LogP contribution in [0.5, 0.6) is 0 Å². The van der Waals surface area contributed by atoms with E-state index in [-0.39, 0.29) is 4.75 Å². The van der Waals surface area contributed by atoms with Gasteiger partial charge in [-0.1, -0.05) is 6.08 Å². The molecule has 1 rings (SSSR count). The van der Waals surface area contributed by atoms with E-state index in [4.69, 9.17) is 0 Å². The number of anilines is 1. The molecule has 0 aliphatic carbocycles. The fourth-order valence-electron chi connectivity index (χ4n) is 1.45. The summed E-state index contributed by atoms with van der Waals surface area (Å²) in [6.45, 7) is 11.9. The first-order valence-corrected chi connectivity index (χ1v) is 6.64. The Balaban J connectivity index is 2.81. The lowest BCUT2D eigenvalue weighted by atomic mass is 10.2. The normalized spacial score (nSPS) is 11.5. The van der Waals surface area contributed by atoms with Crippen molar-refractivity contribution in [2.24, 2.45) is 0 Å². The van der Waals surface area contributed by atoms with Gasteiger partial charge in [-0.3, -0.25) is 0 Å². The fourth-order valence-corrected chi connectivity index (χ4v) is 1.71. The highest BCUT2D eigenvalue weighted by atomic mass is 32.2. The topological polar surface area (TPSA) is 29.9 Å². The monoisotopic (exact) mass is 239 g/mol. The Morgan fingerprint density at radius 2 is 2.31 bits per heavy atom. The Morgan fingerprint density at radius 1 is 1.62 bits per heavy atom. The summed E-state index contributed by atoms with van der Waals surface area (Å²) in [6, 6.07) is 0. The van der Waals surface area contributed by atoms with Crippen molar-refractivity contribution in [3.63, 3.8) is 0 Å². The SMILES string of the molecule is C=CCNc1nc(C)cn1CC(C)(C)SC. The summed E-state index contributed by atoms with van der Waals surface area (Å²) in [5, 5.41) is 3.25. The van der Waals surface area contributed by atoms with E-state index in [2.05, 4.69) is 47.7 Å². The van der Waals surface area contributed by atoms with E-state index < -0.39 is 0 Å². The highest BCUT2D eigenvalue weighted by Crippen LogP contribution is 2.25. The van der Waals surface area contributed by atoms with Gasteiger partial charge in [-0.05, 0) is 27.0 Å². The van der Waals surface area contributed by atoms with Gasteiger partial charge in [0, 0.05) is 24.0 Å². The third-order valence-corrected chi connectivity index (χ3v) is 3.64. The molecule has 1 aromatic heterocycles. The zero-order chi connectivity index (χ0) is 12.2. The minimum Gasteiger partial charge on any atom is -0.352 e. The van der Waals surface area contributed by atoms with E-state index in [1.807, 2.05) is 24.8 Å². The molecule has 0 radical (unpaired) electrons. The number of hydrogen-bond acceptors (Lipinski definition) is 3. The van der Waals surface area contributed by atoms with Crippen LogP contribution in [0, 0.1) is 6.92 Å². The molecule has 1 aromatic rings. The highest BCUT2D eigenvalue weighted by molar-refractivity contribution is 7.99. The molecule has 0 unspecified atom stereocenters. The Morgan fingerprint density at radius 3 is 2.88 bits per heavy atom. The number of aromatic nitrogens is 2. The maximum Gasteiger partial charge on any atom is 0.203 e. The summed E-state index contributed by atoms with van der Waals surface area (Å²) in [6.07, 6.45) is 6.07. The van der Waals surface area contributed by atoms with Crippen molar-refractivity contribution in [3.8, 4) is 0 Å². The van der Waals surface area contributed by atoms with Crippen molar-refractivity contribution < 1.29 is 0 Å². The van der Waals surface area contributed by atoms with Crippen LogP contribution in [0.15, 0.2) is 18.9 Å². The molecule has 16 heavy (non-hydrogen) atoms. The molecule has 0 atom stereocenters. The Hall–Kier alpha value is -0.900. The number of nitrogens with one attached hydrogen (secondary N) is 1. The van der Waals surface area contributed by atoms with Crippen LogP contribution in [0.4, 0.5) is 5.95 Å². The van der Waals surface area contributed by atoms with Gasteiger partial charge < -0.3 is 9.88 Å². The van der Waals surface area contributed by atoms with Crippen molar-refractivity contribution in [1.29, 1.82) is 0 Å². The summed E-state index contributed by atoms with van der Waals surface area (Å²) >= 11 is 1.87. The average molecular weight is 239 g/mol. The van der Waals surface area contributed by atoms with Crippen molar-refractivity contribution >= 4 is 17.7 Å². The van der Waals surface area contributed by atoms with E-state index >= 15 is 0 Å². The zero-order valence-corrected chi connectivity index (χ0v) is 11.4. The number of thioether (sulfide) groups is 1. The Bertz CT molecular complexity index is 355. The number of nitrogens with zero attached hydrogens (tertiary/aromatic N) is 2.